The number of amides is 2. The first-order chi connectivity index (χ1) is 17.7. The number of anilines is 1. The molecule has 10 nitrogen and oxygen atoms in total. The van der Waals surface area contributed by atoms with E-state index in [9.17, 15) is 19.7 Å². The van der Waals surface area contributed by atoms with Gasteiger partial charge in [0.05, 0.1) is 21.3 Å². The van der Waals surface area contributed by atoms with Crippen molar-refractivity contribution in [1.82, 2.24) is 5.43 Å². The smallest absolute Gasteiger partial charge is 0.271 e. The Labute approximate surface area is 231 Å². The average molecular weight is 637 g/mol. The van der Waals surface area contributed by atoms with Crippen LogP contribution in [0.2, 0.25) is 5.02 Å². The molecule has 0 unspecified atom stereocenters. The predicted molar refractivity (Wildman–Crippen MR) is 149 cm³/mol. The van der Waals surface area contributed by atoms with Crippen molar-refractivity contribution >= 4 is 63.6 Å². The Balaban J connectivity index is 1.65. The molecule has 0 aliphatic heterocycles. The van der Waals surface area contributed by atoms with Crippen LogP contribution in [0, 0.1) is 20.6 Å². The van der Waals surface area contributed by atoms with E-state index in [4.69, 9.17) is 21.1 Å². The van der Waals surface area contributed by atoms with Gasteiger partial charge in [0.2, 0.25) is 0 Å². The lowest BCUT2D eigenvalue weighted by Crippen LogP contribution is -2.20. The van der Waals surface area contributed by atoms with E-state index in [-0.39, 0.29) is 23.8 Å². The van der Waals surface area contributed by atoms with Crippen molar-refractivity contribution in [3.63, 3.8) is 0 Å². The summed E-state index contributed by atoms with van der Waals surface area (Å²) in [6, 6.07) is 13.8. The van der Waals surface area contributed by atoms with Crippen molar-refractivity contribution in [3.8, 4) is 11.5 Å². The minimum Gasteiger partial charge on any atom is -0.490 e. The number of benzene rings is 3. The summed E-state index contributed by atoms with van der Waals surface area (Å²) >= 11 is 8.16. The number of carbonyl (C=O) groups is 2. The van der Waals surface area contributed by atoms with Crippen LogP contribution >= 0.6 is 34.2 Å². The Hall–Kier alpha value is -3.71. The first kappa shape index (κ1) is 27.9. The largest absolute Gasteiger partial charge is 0.490 e. The highest BCUT2D eigenvalue weighted by molar-refractivity contribution is 14.1. The topological polar surface area (TPSA) is 132 Å². The number of ether oxygens (including phenoxy) is 2. The lowest BCUT2D eigenvalue weighted by atomic mass is 10.2. The Morgan fingerprint density at radius 2 is 1.86 bits per heavy atom. The molecule has 0 fully saturated rings. The fourth-order valence-corrected chi connectivity index (χ4v) is 4.00. The maximum absolute atomic E-state index is 12.4. The highest BCUT2D eigenvalue weighted by Crippen LogP contribution is 2.34. The second kappa shape index (κ2) is 13.0. The van der Waals surface area contributed by atoms with Crippen molar-refractivity contribution in [2.75, 3.05) is 18.5 Å². The van der Waals surface area contributed by atoms with Crippen LogP contribution in [0.5, 0.6) is 11.5 Å². The molecule has 3 aromatic rings. The monoisotopic (exact) mass is 636 g/mol. The molecule has 2 N–H and O–H groups in total. The molecular weight excluding hydrogens is 615 g/mol. The lowest BCUT2D eigenvalue weighted by Gasteiger charge is -2.15. The highest BCUT2D eigenvalue weighted by Gasteiger charge is 2.15. The number of aryl methyl sites for hydroxylation is 1. The number of nitrogens with zero attached hydrogens (tertiary/aromatic N) is 2. The quantitative estimate of drug-likeness (QED) is 0.134. The number of hydrogen-bond donors (Lipinski definition) is 2. The van der Waals surface area contributed by atoms with Crippen LogP contribution in [0.4, 0.5) is 11.4 Å². The molecule has 0 aromatic heterocycles. The molecule has 37 heavy (non-hydrogen) atoms. The SMILES string of the molecule is CCOc1cc(/C=N/NC(=O)c2ccc([N+](=O)[O-])cc2)cc(I)c1OCC(=O)Nc1ccc(C)c(Cl)c1. The summed E-state index contributed by atoms with van der Waals surface area (Å²) in [5.74, 6) is -0.0835. The maximum Gasteiger partial charge on any atom is 0.271 e. The van der Waals surface area contributed by atoms with Gasteiger partial charge in [0, 0.05) is 28.4 Å². The van der Waals surface area contributed by atoms with Crippen LogP contribution in [-0.2, 0) is 4.79 Å². The first-order valence-electron chi connectivity index (χ1n) is 10.9. The number of carbonyl (C=O) groups excluding carboxylic acids is 2. The molecule has 12 heteroatoms. The zero-order valence-electron chi connectivity index (χ0n) is 19.8. The molecule has 3 aromatic carbocycles. The molecule has 0 heterocycles. The molecular formula is C25H22ClIN4O6. The predicted octanol–water partition coefficient (Wildman–Crippen LogP) is 5.34. The molecule has 192 valence electrons. The second-order valence-corrected chi connectivity index (χ2v) is 9.14. The fraction of sp³-hybridized carbons (Fsp3) is 0.160. The van der Waals surface area contributed by atoms with Crippen LogP contribution in [0.15, 0.2) is 59.7 Å². The average Bonchev–Trinajstić information content (AvgIpc) is 2.86. The number of nitrogens with one attached hydrogen (secondary N) is 2. The van der Waals surface area contributed by atoms with Gasteiger partial charge in [0.15, 0.2) is 18.1 Å². The number of rotatable bonds is 10. The van der Waals surface area contributed by atoms with Crippen molar-refractivity contribution in [1.29, 1.82) is 0 Å². The molecule has 0 radical (unpaired) electrons. The lowest BCUT2D eigenvalue weighted by molar-refractivity contribution is -0.384. The van der Waals surface area contributed by atoms with Gasteiger partial charge in [-0.25, -0.2) is 5.43 Å². The van der Waals surface area contributed by atoms with Crippen LogP contribution in [0.3, 0.4) is 0 Å². The van der Waals surface area contributed by atoms with Gasteiger partial charge in [-0.15, -0.1) is 0 Å². The molecule has 2 amide bonds. The van der Waals surface area contributed by atoms with E-state index in [1.807, 2.05) is 19.9 Å². The normalized spacial score (nSPS) is 10.7. The Bertz CT molecular complexity index is 1350. The summed E-state index contributed by atoms with van der Waals surface area (Å²) in [5, 5.41) is 18.0. The Morgan fingerprint density at radius 3 is 2.51 bits per heavy atom. The number of hydrogen-bond acceptors (Lipinski definition) is 7. The van der Waals surface area contributed by atoms with Gasteiger partial charge in [-0.1, -0.05) is 17.7 Å². The van der Waals surface area contributed by atoms with E-state index in [2.05, 4.69) is 38.4 Å². The third-order valence-electron chi connectivity index (χ3n) is 4.85. The summed E-state index contributed by atoms with van der Waals surface area (Å²) < 4.78 is 12.1. The van der Waals surface area contributed by atoms with E-state index in [0.717, 1.165) is 5.56 Å². The molecule has 0 atom stereocenters. The summed E-state index contributed by atoms with van der Waals surface area (Å²) in [4.78, 5) is 34.8. The number of nitro groups is 1. The Morgan fingerprint density at radius 1 is 1.14 bits per heavy atom. The van der Waals surface area contributed by atoms with E-state index >= 15 is 0 Å². The molecule has 0 bridgehead atoms. The maximum atomic E-state index is 12.4. The molecule has 0 aliphatic carbocycles. The molecule has 0 spiro atoms. The van der Waals surface area contributed by atoms with Gasteiger partial charge in [-0.3, -0.25) is 19.7 Å². The van der Waals surface area contributed by atoms with Crippen LogP contribution < -0.4 is 20.2 Å². The van der Waals surface area contributed by atoms with Crippen molar-refractivity contribution < 1.29 is 24.0 Å². The first-order valence-corrected chi connectivity index (χ1v) is 12.4. The minimum atomic E-state index is -0.544. The second-order valence-electron chi connectivity index (χ2n) is 7.57. The number of halogens is 2. The van der Waals surface area contributed by atoms with E-state index in [1.165, 1.54) is 30.5 Å². The molecule has 0 aliphatic rings. The third kappa shape index (κ3) is 7.89. The van der Waals surface area contributed by atoms with Crippen molar-refractivity contribution in [2.24, 2.45) is 5.10 Å². The zero-order chi connectivity index (χ0) is 26.9. The molecule has 3 rings (SSSR count). The van der Waals surface area contributed by atoms with Gasteiger partial charge >= 0.3 is 0 Å². The zero-order valence-corrected chi connectivity index (χ0v) is 22.7. The van der Waals surface area contributed by atoms with Gasteiger partial charge in [0.1, 0.15) is 0 Å². The van der Waals surface area contributed by atoms with Gasteiger partial charge in [-0.05, 0) is 84.0 Å². The summed E-state index contributed by atoms with van der Waals surface area (Å²) in [7, 11) is 0. The number of nitro benzene ring substituents is 1. The Kier molecular flexibility index (Phi) is 9.80. The van der Waals surface area contributed by atoms with Crippen LogP contribution in [0.1, 0.15) is 28.4 Å². The van der Waals surface area contributed by atoms with Gasteiger partial charge in [-0.2, -0.15) is 5.10 Å². The van der Waals surface area contributed by atoms with Crippen molar-refractivity contribution in [2.45, 2.75) is 13.8 Å². The summed E-state index contributed by atoms with van der Waals surface area (Å²) in [5.41, 5.74) is 4.57. The van der Waals surface area contributed by atoms with Crippen LogP contribution in [0.25, 0.3) is 0 Å². The van der Waals surface area contributed by atoms with Gasteiger partial charge in [0.25, 0.3) is 17.5 Å². The van der Waals surface area contributed by atoms with E-state index < -0.39 is 10.8 Å². The van der Waals surface area contributed by atoms with Crippen LogP contribution in [-0.4, -0.2) is 36.2 Å². The molecule has 0 saturated carbocycles. The fourth-order valence-electron chi connectivity index (χ4n) is 3.04. The standard InChI is InChI=1S/C25H22ClIN4O6/c1-3-36-22-11-16(13-28-30-25(33)17-5-8-19(9-6-17)31(34)35)10-21(27)24(22)37-14-23(32)29-18-7-4-15(2)20(26)12-18/h4-13H,3,14H2,1-2H3,(H,29,32)(H,30,33)/b28-13+. The summed E-state index contributed by atoms with van der Waals surface area (Å²) in [6.45, 7) is 3.80. The molecule has 0 saturated heterocycles. The highest BCUT2D eigenvalue weighted by atomic mass is 127. The van der Waals surface area contributed by atoms with E-state index in [1.54, 1.807) is 24.3 Å². The summed E-state index contributed by atoms with van der Waals surface area (Å²) in [6.07, 6.45) is 1.42. The van der Waals surface area contributed by atoms with E-state index in [0.29, 0.717) is 37.9 Å². The van der Waals surface area contributed by atoms with Crippen molar-refractivity contribution in [3.05, 3.63) is 90.0 Å². The van der Waals surface area contributed by atoms with Gasteiger partial charge < -0.3 is 14.8 Å². The number of hydrazone groups is 1. The minimum absolute atomic E-state index is 0.114. The number of non-ortho nitro benzene ring substituents is 1. The third-order valence-corrected chi connectivity index (χ3v) is 6.06.